The summed E-state index contributed by atoms with van der Waals surface area (Å²) in [5.41, 5.74) is 2.11. The fourth-order valence-corrected chi connectivity index (χ4v) is 1.31. The molecule has 0 aliphatic rings. The second kappa shape index (κ2) is 3.62. The lowest BCUT2D eigenvalue weighted by molar-refractivity contribution is 0.934. The van der Waals surface area contributed by atoms with Gasteiger partial charge in [-0.2, -0.15) is 3.89 Å². The molecule has 0 bridgehead atoms. The second-order valence-corrected chi connectivity index (χ2v) is 2.93. The molecule has 0 heterocycles. The van der Waals surface area contributed by atoms with Crippen LogP contribution in [0.4, 0.5) is 9.57 Å². The van der Waals surface area contributed by atoms with Gasteiger partial charge in [0.25, 0.3) is 0 Å². The van der Waals surface area contributed by atoms with Crippen LogP contribution >= 0.6 is 12.1 Å². The van der Waals surface area contributed by atoms with Crippen LogP contribution in [-0.4, -0.2) is 7.05 Å². The third kappa shape index (κ3) is 1.87. The third-order valence-corrected chi connectivity index (χ3v) is 1.99. The fourth-order valence-electron chi connectivity index (χ4n) is 0.965. The molecule has 1 aromatic rings. The average molecular weight is 171 g/mol. The molecule has 1 aromatic carbocycles. The summed E-state index contributed by atoms with van der Waals surface area (Å²) in [6.07, 6.45) is 0. The predicted molar refractivity (Wildman–Crippen MR) is 47.7 cm³/mol. The summed E-state index contributed by atoms with van der Waals surface area (Å²) in [6, 6.07) is 5.44. The van der Waals surface area contributed by atoms with E-state index >= 15 is 0 Å². The summed E-state index contributed by atoms with van der Waals surface area (Å²) < 4.78 is 12.0. The zero-order valence-electron chi connectivity index (χ0n) is 6.52. The smallest absolute Gasteiger partial charge is 0.0812 e. The molecule has 0 radical (unpaired) electrons. The summed E-state index contributed by atoms with van der Waals surface area (Å²) in [6.45, 7) is 1.95. The monoisotopic (exact) mass is 171 g/mol. The lowest BCUT2D eigenvalue weighted by Gasteiger charge is -2.04. The number of halogens is 1. The van der Waals surface area contributed by atoms with Crippen molar-refractivity contribution in [3.63, 3.8) is 0 Å². The van der Waals surface area contributed by atoms with Crippen molar-refractivity contribution in [1.82, 2.24) is 0 Å². The SMILES string of the molecule is CNc1ccc(SF)cc1C. The molecule has 0 spiro atoms. The first-order valence-corrected chi connectivity index (χ1v) is 4.06. The highest BCUT2D eigenvalue weighted by molar-refractivity contribution is 7.94. The average Bonchev–Trinajstić information content (AvgIpc) is 2.04. The largest absolute Gasteiger partial charge is 0.388 e. The zero-order valence-corrected chi connectivity index (χ0v) is 7.33. The van der Waals surface area contributed by atoms with Gasteiger partial charge in [0.15, 0.2) is 0 Å². The molecule has 0 unspecified atom stereocenters. The Bertz CT molecular complexity index is 250. The Morgan fingerprint density at radius 2 is 2.18 bits per heavy atom. The Morgan fingerprint density at radius 1 is 1.45 bits per heavy atom. The maximum Gasteiger partial charge on any atom is 0.0812 e. The van der Waals surface area contributed by atoms with Gasteiger partial charge in [0.1, 0.15) is 0 Å². The Kier molecular flexibility index (Phi) is 2.76. The Labute approximate surface area is 70.3 Å². The molecule has 0 aromatic heterocycles. The van der Waals surface area contributed by atoms with Crippen molar-refractivity contribution < 1.29 is 3.89 Å². The third-order valence-electron chi connectivity index (χ3n) is 1.56. The maximum absolute atomic E-state index is 12.0. The predicted octanol–water partition coefficient (Wildman–Crippen LogP) is 3.01. The van der Waals surface area contributed by atoms with Crippen LogP contribution < -0.4 is 5.32 Å². The summed E-state index contributed by atoms with van der Waals surface area (Å²) >= 11 is 0.274. The van der Waals surface area contributed by atoms with Crippen LogP contribution in [0.25, 0.3) is 0 Å². The minimum Gasteiger partial charge on any atom is -0.388 e. The minimum atomic E-state index is 0.274. The van der Waals surface area contributed by atoms with Crippen LogP contribution in [0.15, 0.2) is 23.1 Å². The highest BCUT2D eigenvalue weighted by Gasteiger charge is 1.97. The molecule has 0 amide bonds. The van der Waals surface area contributed by atoms with Crippen molar-refractivity contribution in [3.8, 4) is 0 Å². The summed E-state index contributed by atoms with van der Waals surface area (Å²) in [5.74, 6) is 0. The molecule has 0 fully saturated rings. The van der Waals surface area contributed by atoms with Crippen LogP contribution in [0.3, 0.4) is 0 Å². The molecule has 0 saturated carbocycles. The van der Waals surface area contributed by atoms with Crippen molar-refractivity contribution in [3.05, 3.63) is 23.8 Å². The molecule has 11 heavy (non-hydrogen) atoms. The van der Waals surface area contributed by atoms with Crippen molar-refractivity contribution in [2.75, 3.05) is 12.4 Å². The van der Waals surface area contributed by atoms with Crippen molar-refractivity contribution in [2.45, 2.75) is 11.8 Å². The van der Waals surface area contributed by atoms with Crippen molar-refractivity contribution in [2.24, 2.45) is 0 Å². The van der Waals surface area contributed by atoms with Crippen molar-refractivity contribution >= 4 is 17.8 Å². The molecule has 1 rings (SSSR count). The van der Waals surface area contributed by atoms with E-state index in [2.05, 4.69) is 5.32 Å². The normalized spacial score (nSPS) is 9.73. The van der Waals surface area contributed by atoms with E-state index < -0.39 is 0 Å². The van der Waals surface area contributed by atoms with E-state index in [0.717, 1.165) is 11.3 Å². The maximum atomic E-state index is 12.0. The van der Waals surface area contributed by atoms with E-state index in [1.54, 1.807) is 6.07 Å². The molecule has 3 heteroatoms. The van der Waals surface area contributed by atoms with E-state index in [-0.39, 0.29) is 12.1 Å². The number of aryl methyl sites for hydroxylation is 1. The van der Waals surface area contributed by atoms with E-state index in [1.807, 2.05) is 26.1 Å². The highest BCUT2D eigenvalue weighted by Crippen LogP contribution is 2.23. The van der Waals surface area contributed by atoms with Crippen LogP contribution in [0.2, 0.25) is 0 Å². The Morgan fingerprint density at radius 3 is 2.64 bits per heavy atom. The topological polar surface area (TPSA) is 12.0 Å². The minimum absolute atomic E-state index is 0.274. The summed E-state index contributed by atoms with van der Waals surface area (Å²) in [5, 5.41) is 3.01. The molecule has 1 nitrogen and oxygen atoms in total. The Balaban J connectivity index is 2.99. The van der Waals surface area contributed by atoms with Gasteiger partial charge in [-0.1, -0.05) is 0 Å². The number of hydrogen-bond donors (Lipinski definition) is 1. The number of rotatable bonds is 2. The number of nitrogens with one attached hydrogen (secondary N) is 1. The standard InChI is InChI=1S/C8H10FNS/c1-6-5-7(11-9)3-4-8(6)10-2/h3-5,10H,1-2H3. The molecular weight excluding hydrogens is 161 g/mol. The number of hydrogen-bond acceptors (Lipinski definition) is 2. The first kappa shape index (κ1) is 8.40. The van der Waals surface area contributed by atoms with Gasteiger partial charge in [0.2, 0.25) is 0 Å². The summed E-state index contributed by atoms with van der Waals surface area (Å²) in [7, 11) is 1.85. The Hall–Kier alpha value is -0.700. The second-order valence-electron chi connectivity index (χ2n) is 2.30. The molecule has 0 atom stereocenters. The van der Waals surface area contributed by atoms with Gasteiger partial charge in [-0.15, -0.1) is 0 Å². The highest BCUT2D eigenvalue weighted by atomic mass is 32.2. The first-order valence-electron chi connectivity index (χ1n) is 3.35. The van der Waals surface area contributed by atoms with E-state index in [0.29, 0.717) is 4.90 Å². The molecule has 0 saturated heterocycles. The van der Waals surface area contributed by atoms with E-state index in [1.165, 1.54) is 0 Å². The van der Waals surface area contributed by atoms with Crippen LogP contribution in [0.5, 0.6) is 0 Å². The quantitative estimate of drug-likeness (QED) is 0.734. The van der Waals surface area contributed by atoms with Crippen LogP contribution in [0.1, 0.15) is 5.56 Å². The van der Waals surface area contributed by atoms with E-state index in [9.17, 15) is 3.89 Å². The van der Waals surface area contributed by atoms with Crippen molar-refractivity contribution in [1.29, 1.82) is 0 Å². The van der Waals surface area contributed by atoms with Gasteiger partial charge in [0.05, 0.1) is 12.1 Å². The fraction of sp³-hybridized carbons (Fsp3) is 0.250. The van der Waals surface area contributed by atoms with Gasteiger partial charge >= 0.3 is 0 Å². The zero-order chi connectivity index (χ0) is 8.27. The molecule has 1 N–H and O–H groups in total. The summed E-state index contributed by atoms with van der Waals surface area (Å²) in [4.78, 5) is 0.654. The van der Waals surface area contributed by atoms with Gasteiger partial charge in [-0.25, -0.2) is 0 Å². The van der Waals surface area contributed by atoms with Gasteiger partial charge in [0, 0.05) is 17.6 Å². The van der Waals surface area contributed by atoms with E-state index in [4.69, 9.17) is 0 Å². The lowest BCUT2D eigenvalue weighted by Crippen LogP contribution is -1.90. The van der Waals surface area contributed by atoms with Gasteiger partial charge < -0.3 is 5.32 Å². The molecule has 0 aliphatic carbocycles. The van der Waals surface area contributed by atoms with Crippen LogP contribution in [0, 0.1) is 6.92 Å². The molecule has 0 aliphatic heterocycles. The molecular formula is C8H10FNS. The van der Waals surface area contributed by atoms with Gasteiger partial charge in [-0.3, -0.25) is 0 Å². The lowest BCUT2D eigenvalue weighted by atomic mass is 10.2. The van der Waals surface area contributed by atoms with Gasteiger partial charge in [-0.05, 0) is 30.7 Å². The number of anilines is 1. The number of benzene rings is 1. The molecule has 60 valence electrons. The van der Waals surface area contributed by atoms with Crippen LogP contribution in [-0.2, 0) is 0 Å². The first-order chi connectivity index (χ1) is 5.27.